The van der Waals surface area contributed by atoms with Crippen molar-refractivity contribution in [1.82, 2.24) is 10.2 Å². The van der Waals surface area contributed by atoms with E-state index in [1.807, 2.05) is 0 Å². The highest BCUT2D eigenvalue weighted by atomic mass is 15.2. The summed E-state index contributed by atoms with van der Waals surface area (Å²) in [7, 11) is 0. The van der Waals surface area contributed by atoms with Gasteiger partial charge >= 0.3 is 0 Å². The van der Waals surface area contributed by atoms with Crippen LogP contribution in [0, 0.1) is 0 Å². The zero-order valence-electron chi connectivity index (χ0n) is 11.3. The van der Waals surface area contributed by atoms with Crippen molar-refractivity contribution >= 4 is 0 Å². The SMILES string of the molecule is CCCCCCCCN1CCNC(C)CC1. The molecule has 1 fully saturated rings. The van der Waals surface area contributed by atoms with Crippen LogP contribution in [0.3, 0.4) is 0 Å². The lowest BCUT2D eigenvalue weighted by Crippen LogP contribution is -2.29. The highest BCUT2D eigenvalue weighted by molar-refractivity contribution is 4.71. The van der Waals surface area contributed by atoms with E-state index in [0.29, 0.717) is 0 Å². The number of hydrogen-bond acceptors (Lipinski definition) is 2. The standard InChI is InChI=1S/C14H30N2/c1-3-4-5-6-7-8-11-16-12-9-14(2)15-10-13-16/h14-15H,3-13H2,1-2H3. The minimum atomic E-state index is 0.717. The van der Waals surface area contributed by atoms with Crippen LogP contribution in [-0.2, 0) is 0 Å². The van der Waals surface area contributed by atoms with Gasteiger partial charge in [-0.15, -0.1) is 0 Å². The van der Waals surface area contributed by atoms with Crippen molar-refractivity contribution in [3.8, 4) is 0 Å². The van der Waals surface area contributed by atoms with Crippen LogP contribution in [0.15, 0.2) is 0 Å². The average molecular weight is 226 g/mol. The molecule has 16 heavy (non-hydrogen) atoms. The van der Waals surface area contributed by atoms with Crippen LogP contribution in [0.25, 0.3) is 0 Å². The molecule has 2 heteroatoms. The van der Waals surface area contributed by atoms with E-state index in [4.69, 9.17) is 0 Å². The van der Waals surface area contributed by atoms with E-state index in [1.165, 1.54) is 71.1 Å². The molecule has 1 heterocycles. The summed E-state index contributed by atoms with van der Waals surface area (Å²) in [5.41, 5.74) is 0. The van der Waals surface area contributed by atoms with E-state index >= 15 is 0 Å². The summed E-state index contributed by atoms with van der Waals surface area (Å²) in [6, 6.07) is 0.717. The zero-order valence-corrected chi connectivity index (χ0v) is 11.3. The van der Waals surface area contributed by atoms with E-state index in [1.54, 1.807) is 0 Å². The van der Waals surface area contributed by atoms with Gasteiger partial charge in [0.05, 0.1) is 0 Å². The highest BCUT2D eigenvalue weighted by Crippen LogP contribution is 2.07. The van der Waals surface area contributed by atoms with Crippen LogP contribution in [-0.4, -0.2) is 37.1 Å². The molecule has 1 rings (SSSR count). The van der Waals surface area contributed by atoms with Crippen molar-refractivity contribution in [3.63, 3.8) is 0 Å². The summed E-state index contributed by atoms with van der Waals surface area (Å²) in [6.07, 6.45) is 9.81. The topological polar surface area (TPSA) is 15.3 Å². The second-order valence-corrected chi connectivity index (χ2v) is 5.25. The van der Waals surface area contributed by atoms with Crippen molar-refractivity contribution in [2.45, 2.75) is 64.8 Å². The predicted molar refractivity (Wildman–Crippen MR) is 71.9 cm³/mol. The second kappa shape index (κ2) is 9.00. The second-order valence-electron chi connectivity index (χ2n) is 5.25. The fourth-order valence-corrected chi connectivity index (χ4v) is 2.40. The van der Waals surface area contributed by atoms with E-state index in [2.05, 4.69) is 24.1 Å². The molecule has 0 aromatic heterocycles. The summed E-state index contributed by atoms with van der Waals surface area (Å²) in [4.78, 5) is 2.64. The first-order chi connectivity index (χ1) is 7.83. The molecule has 2 nitrogen and oxygen atoms in total. The molecular weight excluding hydrogens is 196 g/mol. The molecule has 0 radical (unpaired) electrons. The molecule has 0 aliphatic carbocycles. The highest BCUT2D eigenvalue weighted by Gasteiger charge is 2.11. The Hall–Kier alpha value is -0.0800. The van der Waals surface area contributed by atoms with Crippen molar-refractivity contribution in [1.29, 1.82) is 0 Å². The largest absolute Gasteiger partial charge is 0.313 e. The molecule has 0 amide bonds. The maximum atomic E-state index is 3.55. The minimum absolute atomic E-state index is 0.717. The summed E-state index contributed by atoms with van der Waals surface area (Å²) >= 11 is 0. The molecular formula is C14H30N2. The van der Waals surface area contributed by atoms with Gasteiger partial charge in [0.2, 0.25) is 0 Å². The fraction of sp³-hybridized carbons (Fsp3) is 1.00. The molecule has 96 valence electrons. The predicted octanol–water partition coefficient (Wildman–Crippen LogP) is 3.03. The van der Waals surface area contributed by atoms with Crippen molar-refractivity contribution in [3.05, 3.63) is 0 Å². The number of nitrogens with one attached hydrogen (secondary N) is 1. The number of hydrogen-bond donors (Lipinski definition) is 1. The molecule has 0 bridgehead atoms. The van der Waals surface area contributed by atoms with Gasteiger partial charge in [0.15, 0.2) is 0 Å². The van der Waals surface area contributed by atoms with Gasteiger partial charge in [-0.3, -0.25) is 0 Å². The molecule has 1 atom stereocenters. The first-order valence-corrected chi connectivity index (χ1v) is 7.28. The third kappa shape index (κ3) is 6.49. The number of unbranched alkanes of at least 4 members (excludes halogenated alkanes) is 5. The minimum Gasteiger partial charge on any atom is -0.313 e. The van der Waals surface area contributed by atoms with E-state index in [-0.39, 0.29) is 0 Å². The van der Waals surface area contributed by atoms with Gasteiger partial charge in [0.25, 0.3) is 0 Å². The summed E-state index contributed by atoms with van der Waals surface area (Å²) < 4.78 is 0. The molecule has 1 aliphatic heterocycles. The van der Waals surface area contributed by atoms with Crippen LogP contribution in [0.5, 0.6) is 0 Å². The zero-order chi connectivity index (χ0) is 11.6. The fourth-order valence-electron chi connectivity index (χ4n) is 2.40. The average Bonchev–Trinajstić information content (AvgIpc) is 2.49. The van der Waals surface area contributed by atoms with E-state index in [9.17, 15) is 0 Å². The van der Waals surface area contributed by atoms with Gasteiger partial charge < -0.3 is 10.2 Å². The Morgan fingerprint density at radius 3 is 2.62 bits per heavy atom. The Morgan fingerprint density at radius 1 is 1.06 bits per heavy atom. The Balaban J connectivity index is 1.95. The van der Waals surface area contributed by atoms with Crippen molar-refractivity contribution < 1.29 is 0 Å². The van der Waals surface area contributed by atoms with Gasteiger partial charge in [0, 0.05) is 19.1 Å². The first kappa shape index (κ1) is 14.0. The van der Waals surface area contributed by atoms with Gasteiger partial charge in [-0.2, -0.15) is 0 Å². The Bertz CT molecular complexity index is 159. The molecule has 0 spiro atoms. The molecule has 1 unspecified atom stereocenters. The summed E-state index contributed by atoms with van der Waals surface area (Å²) in [6.45, 7) is 9.62. The van der Waals surface area contributed by atoms with Crippen LogP contribution in [0.2, 0.25) is 0 Å². The van der Waals surface area contributed by atoms with Crippen molar-refractivity contribution in [2.75, 3.05) is 26.2 Å². The quantitative estimate of drug-likeness (QED) is 0.671. The monoisotopic (exact) mass is 226 g/mol. The van der Waals surface area contributed by atoms with Crippen LogP contribution in [0.4, 0.5) is 0 Å². The molecule has 1 saturated heterocycles. The third-order valence-electron chi connectivity index (χ3n) is 3.63. The van der Waals surface area contributed by atoms with Crippen LogP contribution >= 0.6 is 0 Å². The van der Waals surface area contributed by atoms with E-state index in [0.717, 1.165) is 6.04 Å². The van der Waals surface area contributed by atoms with Crippen LogP contribution < -0.4 is 5.32 Å². The van der Waals surface area contributed by atoms with Gasteiger partial charge in [-0.1, -0.05) is 39.0 Å². The molecule has 0 saturated carbocycles. The summed E-state index contributed by atoms with van der Waals surface area (Å²) in [5, 5.41) is 3.55. The smallest absolute Gasteiger partial charge is 0.0107 e. The number of rotatable bonds is 7. The molecule has 0 aromatic rings. The Morgan fingerprint density at radius 2 is 1.81 bits per heavy atom. The van der Waals surface area contributed by atoms with Gasteiger partial charge in [-0.05, 0) is 32.9 Å². The van der Waals surface area contributed by atoms with Gasteiger partial charge in [0.1, 0.15) is 0 Å². The molecule has 1 aliphatic rings. The lowest BCUT2D eigenvalue weighted by Gasteiger charge is -2.19. The maximum Gasteiger partial charge on any atom is 0.0107 e. The third-order valence-corrected chi connectivity index (χ3v) is 3.63. The van der Waals surface area contributed by atoms with Crippen LogP contribution in [0.1, 0.15) is 58.8 Å². The maximum absolute atomic E-state index is 3.55. The van der Waals surface area contributed by atoms with Crippen molar-refractivity contribution in [2.24, 2.45) is 0 Å². The lowest BCUT2D eigenvalue weighted by molar-refractivity contribution is 0.283. The Labute approximate surface area is 102 Å². The van der Waals surface area contributed by atoms with E-state index < -0.39 is 0 Å². The van der Waals surface area contributed by atoms with Gasteiger partial charge in [-0.25, -0.2) is 0 Å². The molecule has 0 aromatic carbocycles. The normalized spacial score (nSPS) is 23.2. The molecule has 1 N–H and O–H groups in total. The summed E-state index contributed by atoms with van der Waals surface area (Å²) in [5.74, 6) is 0. The lowest BCUT2D eigenvalue weighted by atomic mass is 10.1. The number of nitrogens with zero attached hydrogens (tertiary/aromatic N) is 1. The first-order valence-electron chi connectivity index (χ1n) is 7.28. The Kier molecular flexibility index (Phi) is 7.87.